The Morgan fingerprint density at radius 3 is 2.67 bits per heavy atom. The fourth-order valence-electron chi connectivity index (χ4n) is 3.49. The minimum atomic E-state index is -0.185. The number of carbonyl (C=O) groups is 2. The summed E-state index contributed by atoms with van der Waals surface area (Å²) >= 11 is 0. The summed E-state index contributed by atoms with van der Waals surface area (Å²) in [5.74, 6) is 1.69. The number of hydrogen-bond donors (Lipinski definition) is 1. The molecule has 154 valence electrons. The van der Waals surface area contributed by atoms with Gasteiger partial charge in [-0.15, -0.1) is 0 Å². The van der Waals surface area contributed by atoms with Crippen LogP contribution in [0.5, 0.6) is 0 Å². The van der Waals surface area contributed by atoms with Gasteiger partial charge in [-0.1, -0.05) is 26.0 Å². The molecule has 1 aliphatic rings. The second-order valence-corrected chi connectivity index (χ2v) is 7.87. The molecule has 2 heterocycles. The van der Waals surface area contributed by atoms with Gasteiger partial charge in [0.05, 0.1) is 6.20 Å². The van der Waals surface area contributed by atoms with Gasteiger partial charge in [0.15, 0.2) is 0 Å². The minimum absolute atomic E-state index is 0.177. The second kappa shape index (κ2) is 8.53. The summed E-state index contributed by atoms with van der Waals surface area (Å²) < 4.78 is 5.77. The molecular weight excluding hydrogens is 378 g/mol. The van der Waals surface area contributed by atoms with E-state index in [9.17, 15) is 9.59 Å². The Bertz CT molecular complexity index is 1050. The number of oxazole rings is 1. The van der Waals surface area contributed by atoms with Crippen LogP contribution in [-0.2, 0) is 11.3 Å². The van der Waals surface area contributed by atoms with Crippen molar-refractivity contribution in [3.8, 4) is 11.5 Å². The number of likely N-dealkylation sites (tertiary alicyclic amines) is 1. The van der Waals surface area contributed by atoms with E-state index >= 15 is 0 Å². The Morgan fingerprint density at radius 2 is 2.00 bits per heavy atom. The third-order valence-electron chi connectivity index (χ3n) is 5.22. The number of anilines is 1. The Hall–Kier alpha value is -3.41. The SMILES string of the molecule is CC(C)c1cnc(-c2ccc(NC(=O)c3cccc(CN4CCCC4=O)c3)cc2)o1. The van der Waals surface area contributed by atoms with E-state index in [-0.39, 0.29) is 17.7 Å². The highest BCUT2D eigenvalue weighted by Gasteiger charge is 2.20. The number of hydrogen-bond acceptors (Lipinski definition) is 4. The van der Waals surface area contributed by atoms with E-state index in [2.05, 4.69) is 24.1 Å². The maximum atomic E-state index is 12.7. The van der Waals surface area contributed by atoms with Crippen molar-refractivity contribution in [1.29, 1.82) is 0 Å². The van der Waals surface area contributed by atoms with Crippen LogP contribution in [0.2, 0.25) is 0 Å². The molecule has 2 amide bonds. The Balaban J connectivity index is 1.42. The van der Waals surface area contributed by atoms with Crippen LogP contribution < -0.4 is 5.32 Å². The topological polar surface area (TPSA) is 75.4 Å². The molecule has 0 spiro atoms. The number of carbonyl (C=O) groups excluding carboxylic acids is 2. The lowest BCUT2D eigenvalue weighted by atomic mass is 10.1. The van der Waals surface area contributed by atoms with Crippen molar-refractivity contribution >= 4 is 17.5 Å². The van der Waals surface area contributed by atoms with Crippen molar-refractivity contribution < 1.29 is 14.0 Å². The van der Waals surface area contributed by atoms with Crippen LogP contribution in [-0.4, -0.2) is 28.2 Å². The molecule has 1 saturated heterocycles. The fraction of sp³-hybridized carbons (Fsp3) is 0.292. The molecule has 0 atom stereocenters. The Morgan fingerprint density at radius 1 is 1.20 bits per heavy atom. The molecule has 6 nitrogen and oxygen atoms in total. The highest BCUT2D eigenvalue weighted by molar-refractivity contribution is 6.04. The van der Waals surface area contributed by atoms with E-state index in [1.165, 1.54) is 0 Å². The van der Waals surface area contributed by atoms with Crippen LogP contribution in [0.15, 0.2) is 59.1 Å². The molecule has 6 heteroatoms. The van der Waals surface area contributed by atoms with E-state index < -0.39 is 0 Å². The number of amides is 2. The molecule has 0 unspecified atom stereocenters. The monoisotopic (exact) mass is 403 g/mol. The van der Waals surface area contributed by atoms with Crippen LogP contribution in [0.1, 0.15) is 54.3 Å². The molecule has 0 radical (unpaired) electrons. The van der Waals surface area contributed by atoms with Crippen molar-refractivity contribution in [2.75, 3.05) is 11.9 Å². The van der Waals surface area contributed by atoms with Gasteiger partial charge in [0.1, 0.15) is 5.76 Å². The van der Waals surface area contributed by atoms with Crippen molar-refractivity contribution in [3.05, 3.63) is 71.6 Å². The van der Waals surface area contributed by atoms with E-state index in [4.69, 9.17) is 4.42 Å². The Kier molecular flexibility index (Phi) is 5.65. The summed E-state index contributed by atoms with van der Waals surface area (Å²) in [6, 6.07) is 14.8. The summed E-state index contributed by atoms with van der Waals surface area (Å²) in [7, 11) is 0. The second-order valence-electron chi connectivity index (χ2n) is 7.87. The Labute approximate surface area is 175 Å². The number of nitrogens with one attached hydrogen (secondary N) is 1. The van der Waals surface area contributed by atoms with Crippen molar-refractivity contribution in [1.82, 2.24) is 9.88 Å². The normalized spacial score (nSPS) is 13.8. The van der Waals surface area contributed by atoms with Crippen molar-refractivity contribution in [3.63, 3.8) is 0 Å². The van der Waals surface area contributed by atoms with Gasteiger partial charge >= 0.3 is 0 Å². The van der Waals surface area contributed by atoms with Gasteiger partial charge in [-0.3, -0.25) is 9.59 Å². The van der Waals surface area contributed by atoms with Crippen molar-refractivity contribution in [2.24, 2.45) is 0 Å². The van der Waals surface area contributed by atoms with Gasteiger partial charge in [-0.2, -0.15) is 0 Å². The van der Waals surface area contributed by atoms with E-state index in [1.54, 1.807) is 12.3 Å². The molecule has 0 saturated carbocycles. The first-order valence-electron chi connectivity index (χ1n) is 10.2. The highest BCUT2D eigenvalue weighted by Crippen LogP contribution is 2.25. The van der Waals surface area contributed by atoms with Gasteiger partial charge in [-0.05, 0) is 48.4 Å². The predicted molar refractivity (Wildman–Crippen MR) is 115 cm³/mol. The summed E-state index contributed by atoms with van der Waals surface area (Å²) in [6.45, 7) is 5.44. The summed E-state index contributed by atoms with van der Waals surface area (Å²) in [4.78, 5) is 30.7. The van der Waals surface area contributed by atoms with Crippen LogP contribution in [0, 0.1) is 0 Å². The maximum Gasteiger partial charge on any atom is 0.255 e. The first-order valence-corrected chi connectivity index (χ1v) is 10.2. The third kappa shape index (κ3) is 4.43. The zero-order valence-corrected chi connectivity index (χ0v) is 17.2. The van der Waals surface area contributed by atoms with Crippen LogP contribution in [0.4, 0.5) is 5.69 Å². The number of rotatable bonds is 6. The number of benzene rings is 2. The van der Waals surface area contributed by atoms with E-state index in [0.29, 0.717) is 30.1 Å². The minimum Gasteiger partial charge on any atom is -0.441 e. The lowest BCUT2D eigenvalue weighted by molar-refractivity contribution is -0.128. The smallest absolute Gasteiger partial charge is 0.255 e. The standard InChI is InChI=1S/C24H25N3O3/c1-16(2)21-14-25-24(30-21)18-8-10-20(11-9-18)26-23(29)19-6-3-5-17(13-19)15-27-12-4-7-22(27)28/h3,5-6,8-11,13-14,16H,4,7,12,15H2,1-2H3,(H,26,29). The lowest BCUT2D eigenvalue weighted by Crippen LogP contribution is -2.24. The van der Waals surface area contributed by atoms with E-state index in [1.807, 2.05) is 47.4 Å². The summed E-state index contributed by atoms with van der Waals surface area (Å²) in [5.41, 5.74) is 3.08. The van der Waals surface area contributed by atoms with Crippen molar-refractivity contribution in [2.45, 2.75) is 39.2 Å². The quantitative estimate of drug-likeness (QED) is 0.639. The molecule has 1 fully saturated rings. The lowest BCUT2D eigenvalue weighted by Gasteiger charge is -2.16. The maximum absolute atomic E-state index is 12.7. The molecule has 1 N–H and O–H groups in total. The average Bonchev–Trinajstić information content (AvgIpc) is 3.39. The molecule has 1 aliphatic heterocycles. The molecule has 30 heavy (non-hydrogen) atoms. The van der Waals surface area contributed by atoms with Crippen LogP contribution in [0.3, 0.4) is 0 Å². The van der Waals surface area contributed by atoms with Gasteiger partial charge < -0.3 is 14.6 Å². The fourth-order valence-corrected chi connectivity index (χ4v) is 3.49. The van der Waals surface area contributed by atoms with Gasteiger partial charge in [0, 0.05) is 42.2 Å². The zero-order chi connectivity index (χ0) is 21.1. The van der Waals surface area contributed by atoms with Crippen LogP contribution in [0.25, 0.3) is 11.5 Å². The predicted octanol–water partition coefficient (Wildman–Crippen LogP) is 4.84. The molecule has 0 aliphatic carbocycles. The molecule has 3 aromatic rings. The average molecular weight is 403 g/mol. The number of aromatic nitrogens is 1. The molecule has 2 aromatic carbocycles. The first kappa shape index (κ1) is 19.9. The molecule has 4 rings (SSSR count). The van der Waals surface area contributed by atoms with Gasteiger partial charge in [0.2, 0.25) is 11.8 Å². The number of nitrogens with zero attached hydrogens (tertiary/aromatic N) is 2. The molecule has 0 bridgehead atoms. The molecular formula is C24H25N3O3. The van der Waals surface area contributed by atoms with Gasteiger partial charge in [0.25, 0.3) is 5.91 Å². The van der Waals surface area contributed by atoms with E-state index in [0.717, 1.165) is 29.9 Å². The first-order chi connectivity index (χ1) is 14.5. The third-order valence-corrected chi connectivity index (χ3v) is 5.22. The highest BCUT2D eigenvalue weighted by atomic mass is 16.4. The summed E-state index contributed by atoms with van der Waals surface area (Å²) in [5, 5.41) is 2.92. The summed E-state index contributed by atoms with van der Waals surface area (Å²) in [6.07, 6.45) is 3.27. The largest absolute Gasteiger partial charge is 0.441 e. The van der Waals surface area contributed by atoms with Gasteiger partial charge in [-0.25, -0.2) is 4.98 Å². The zero-order valence-electron chi connectivity index (χ0n) is 17.2. The van der Waals surface area contributed by atoms with Crippen LogP contribution >= 0.6 is 0 Å². The molecule has 1 aromatic heterocycles.